The van der Waals surface area contributed by atoms with Crippen LogP contribution in [0, 0.1) is 11.3 Å². The molecule has 1 aliphatic rings. The second-order valence-corrected chi connectivity index (χ2v) is 8.40. The van der Waals surface area contributed by atoms with Gasteiger partial charge in [0.1, 0.15) is 12.4 Å². The number of piperidine rings is 1. The van der Waals surface area contributed by atoms with E-state index < -0.39 is 6.10 Å². The van der Waals surface area contributed by atoms with Gasteiger partial charge in [-0.2, -0.15) is 5.26 Å². The molecule has 1 atom stereocenters. The number of hydrogen-bond donors (Lipinski definition) is 1. The van der Waals surface area contributed by atoms with Crippen molar-refractivity contribution in [2.45, 2.75) is 30.5 Å². The Balaban J connectivity index is 1.42. The van der Waals surface area contributed by atoms with Crippen LogP contribution in [-0.4, -0.2) is 51.4 Å². The molecule has 0 spiro atoms. The largest absolute Gasteiger partial charge is 0.491 e. The third kappa shape index (κ3) is 5.37. The van der Waals surface area contributed by atoms with Crippen molar-refractivity contribution in [2.75, 3.05) is 30.3 Å². The van der Waals surface area contributed by atoms with E-state index in [2.05, 4.69) is 25.7 Å². The van der Waals surface area contributed by atoms with E-state index in [1.54, 1.807) is 24.3 Å². The molecule has 2 aromatic carbocycles. The fraction of sp³-hybridized carbons (Fsp3) is 0.348. The van der Waals surface area contributed by atoms with Gasteiger partial charge in [-0.3, -0.25) is 4.57 Å². The second kappa shape index (κ2) is 10.3. The Hall–Kier alpha value is -3.02. The molecule has 160 valence electrons. The Labute approximate surface area is 186 Å². The highest BCUT2D eigenvalue weighted by Gasteiger charge is 2.22. The van der Waals surface area contributed by atoms with Crippen LogP contribution in [0.5, 0.6) is 5.75 Å². The summed E-state index contributed by atoms with van der Waals surface area (Å²) < 4.78 is 7.72. The lowest BCUT2D eigenvalue weighted by molar-refractivity contribution is 0.126. The molecular weight excluding hydrogens is 410 g/mol. The third-order valence-corrected chi connectivity index (χ3v) is 6.17. The average molecular weight is 436 g/mol. The minimum absolute atomic E-state index is 0.164. The van der Waals surface area contributed by atoms with Crippen molar-refractivity contribution in [1.29, 1.82) is 5.26 Å². The first-order chi connectivity index (χ1) is 15.2. The van der Waals surface area contributed by atoms with E-state index in [0.29, 0.717) is 17.1 Å². The van der Waals surface area contributed by atoms with Crippen LogP contribution in [0.1, 0.15) is 24.8 Å². The van der Waals surface area contributed by atoms with Gasteiger partial charge >= 0.3 is 0 Å². The van der Waals surface area contributed by atoms with E-state index in [1.165, 1.54) is 18.2 Å². The number of nitriles is 1. The van der Waals surface area contributed by atoms with Crippen molar-refractivity contribution in [1.82, 2.24) is 14.8 Å². The Kier molecular flexibility index (Phi) is 7.07. The van der Waals surface area contributed by atoms with E-state index in [9.17, 15) is 5.11 Å². The molecular formula is C23H25N5O2S. The quantitative estimate of drug-likeness (QED) is 0.540. The van der Waals surface area contributed by atoms with Gasteiger partial charge < -0.3 is 14.7 Å². The zero-order valence-electron chi connectivity index (χ0n) is 17.2. The minimum atomic E-state index is -0.667. The molecule has 0 saturated carbocycles. The number of hydrogen-bond acceptors (Lipinski definition) is 7. The Morgan fingerprint density at radius 2 is 1.77 bits per heavy atom. The fourth-order valence-electron chi connectivity index (χ4n) is 3.49. The highest BCUT2D eigenvalue weighted by atomic mass is 32.2. The molecule has 0 aliphatic carbocycles. The third-order valence-electron chi connectivity index (χ3n) is 5.10. The first kappa shape index (κ1) is 21.2. The molecule has 0 amide bonds. The van der Waals surface area contributed by atoms with Gasteiger partial charge in [-0.15, -0.1) is 10.2 Å². The predicted octanol–water partition coefficient (Wildman–Crippen LogP) is 3.66. The number of aliphatic hydroxyl groups excluding tert-OH is 1. The monoisotopic (exact) mass is 435 g/mol. The summed E-state index contributed by atoms with van der Waals surface area (Å²) in [4.78, 5) is 2.29. The maximum atomic E-state index is 10.4. The van der Waals surface area contributed by atoms with E-state index in [-0.39, 0.29) is 6.61 Å². The van der Waals surface area contributed by atoms with E-state index in [4.69, 9.17) is 10.00 Å². The number of nitrogens with zero attached hydrogens (tertiary/aromatic N) is 5. The molecule has 0 radical (unpaired) electrons. The van der Waals surface area contributed by atoms with Crippen LogP contribution in [0.25, 0.3) is 5.69 Å². The van der Waals surface area contributed by atoms with Gasteiger partial charge in [0.2, 0.25) is 5.95 Å². The topological polar surface area (TPSA) is 87.2 Å². The van der Waals surface area contributed by atoms with Crippen molar-refractivity contribution in [2.24, 2.45) is 0 Å². The lowest BCUT2D eigenvalue weighted by atomic mass is 10.1. The number of benzene rings is 2. The molecule has 4 rings (SSSR count). The first-order valence-electron chi connectivity index (χ1n) is 10.4. The van der Waals surface area contributed by atoms with E-state index in [1.807, 2.05) is 30.3 Å². The lowest BCUT2D eigenvalue weighted by Crippen LogP contribution is -2.31. The van der Waals surface area contributed by atoms with Gasteiger partial charge in [0.25, 0.3) is 0 Å². The summed E-state index contributed by atoms with van der Waals surface area (Å²) in [6, 6.07) is 19.0. The fourth-order valence-corrected chi connectivity index (χ4v) is 4.35. The van der Waals surface area contributed by atoms with Gasteiger partial charge in [-0.05, 0) is 55.7 Å². The van der Waals surface area contributed by atoms with E-state index in [0.717, 1.165) is 42.7 Å². The molecule has 1 N–H and O–H groups in total. The van der Waals surface area contributed by atoms with Crippen LogP contribution in [-0.2, 0) is 0 Å². The molecule has 8 heteroatoms. The molecule has 1 unspecified atom stereocenters. The van der Waals surface area contributed by atoms with Crippen LogP contribution in [0.4, 0.5) is 5.95 Å². The number of anilines is 1. The average Bonchev–Trinajstić information content (AvgIpc) is 3.27. The molecule has 1 fully saturated rings. The number of aliphatic hydroxyl groups is 1. The highest BCUT2D eigenvalue weighted by Crippen LogP contribution is 2.28. The van der Waals surface area contributed by atoms with Crippen LogP contribution in [0.15, 0.2) is 59.8 Å². The van der Waals surface area contributed by atoms with Gasteiger partial charge in [0.05, 0.1) is 23.4 Å². The molecule has 3 aromatic rings. The smallest absolute Gasteiger partial charge is 0.232 e. The molecule has 1 aromatic heterocycles. The maximum absolute atomic E-state index is 10.4. The van der Waals surface area contributed by atoms with Crippen LogP contribution >= 0.6 is 11.8 Å². The van der Waals surface area contributed by atoms with Crippen molar-refractivity contribution < 1.29 is 9.84 Å². The second-order valence-electron chi connectivity index (χ2n) is 7.41. The van der Waals surface area contributed by atoms with Gasteiger partial charge in [-0.1, -0.05) is 30.0 Å². The van der Waals surface area contributed by atoms with Crippen molar-refractivity contribution in [3.8, 4) is 17.5 Å². The number of thioether (sulfide) groups is 1. The van der Waals surface area contributed by atoms with Crippen molar-refractivity contribution in [3.63, 3.8) is 0 Å². The summed E-state index contributed by atoms with van der Waals surface area (Å²) >= 11 is 1.47. The summed E-state index contributed by atoms with van der Waals surface area (Å²) in [7, 11) is 0. The zero-order valence-corrected chi connectivity index (χ0v) is 18.0. The van der Waals surface area contributed by atoms with Crippen molar-refractivity contribution >= 4 is 17.7 Å². The van der Waals surface area contributed by atoms with Gasteiger partial charge in [0.15, 0.2) is 5.16 Å². The predicted molar refractivity (Wildman–Crippen MR) is 121 cm³/mol. The van der Waals surface area contributed by atoms with Crippen LogP contribution < -0.4 is 9.64 Å². The first-order valence-corrected chi connectivity index (χ1v) is 11.4. The molecule has 1 aliphatic heterocycles. The maximum Gasteiger partial charge on any atom is 0.232 e. The Morgan fingerprint density at radius 1 is 1.03 bits per heavy atom. The summed E-state index contributed by atoms with van der Waals surface area (Å²) in [5, 5.41) is 29.0. The van der Waals surface area contributed by atoms with Crippen LogP contribution in [0.2, 0.25) is 0 Å². The van der Waals surface area contributed by atoms with Gasteiger partial charge in [-0.25, -0.2) is 0 Å². The number of ether oxygens (including phenoxy) is 1. The molecule has 1 saturated heterocycles. The Morgan fingerprint density at radius 3 is 2.48 bits per heavy atom. The molecule has 0 bridgehead atoms. The molecule has 31 heavy (non-hydrogen) atoms. The summed E-state index contributed by atoms with van der Waals surface area (Å²) in [6.07, 6.45) is 2.91. The summed E-state index contributed by atoms with van der Waals surface area (Å²) in [5.41, 5.74) is 1.59. The van der Waals surface area contributed by atoms with E-state index >= 15 is 0 Å². The Bertz CT molecular complexity index is 1010. The van der Waals surface area contributed by atoms with Crippen LogP contribution in [0.3, 0.4) is 0 Å². The summed E-state index contributed by atoms with van der Waals surface area (Å²) in [6.45, 7) is 2.13. The molecule has 2 heterocycles. The van der Waals surface area contributed by atoms with Gasteiger partial charge in [0, 0.05) is 18.8 Å². The zero-order chi connectivity index (χ0) is 21.5. The normalized spacial score (nSPS) is 14.8. The number of rotatable bonds is 8. The minimum Gasteiger partial charge on any atom is -0.491 e. The number of para-hydroxylation sites is 1. The highest BCUT2D eigenvalue weighted by molar-refractivity contribution is 7.99. The lowest BCUT2D eigenvalue weighted by Gasteiger charge is -2.27. The SMILES string of the molecule is N#Cc1ccc(OCC(O)CSc2nnc(N3CCCCC3)n2-c2ccccc2)cc1. The van der Waals surface area contributed by atoms with Crippen molar-refractivity contribution in [3.05, 3.63) is 60.2 Å². The molecule has 7 nitrogen and oxygen atoms in total. The number of aromatic nitrogens is 3. The standard InChI is InChI=1S/C23H25N5O2S/c24-15-18-9-11-21(12-10-18)30-16-20(29)17-31-23-26-25-22(27-13-5-2-6-14-27)28(23)19-7-3-1-4-8-19/h1,3-4,7-12,20,29H,2,5-6,13-14,16-17H2. The summed E-state index contributed by atoms with van der Waals surface area (Å²) in [5.74, 6) is 1.92.